The predicted octanol–water partition coefficient (Wildman–Crippen LogP) is 4.72. The molecule has 1 aliphatic carbocycles. The summed E-state index contributed by atoms with van der Waals surface area (Å²) in [5, 5.41) is 10.8. The summed E-state index contributed by atoms with van der Waals surface area (Å²) in [5.41, 5.74) is 0.852. The Bertz CT molecular complexity index is 467. The predicted molar refractivity (Wildman–Crippen MR) is 87.9 cm³/mol. The van der Waals surface area contributed by atoms with Crippen LogP contribution in [0.15, 0.2) is 16.6 Å². The number of ether oxygens (including phenoxy) is 2. The lowest BCUT2D eigenvalue weighted by atomic mass is 9.77. The Hall–Kier alpha value is -0.740. The first-order valence-corrected chi connectivity index (χ1v) is 8.50. The highest BCUT2D eigenvalue weighted by atomic mass is 79.9. The van der Waals surface area contributed by atoms with E-state index in [2.05, 4.69) is 22.9 Å². The van der Waals surface area contributed by atoms with E-state index in [1.165, 1.54) is 19.3 Å². The number of methoxy groups -OCH3 is 2. The first-order chi connectivity index (χ1) is 10.1. The normalized spacial score (nSPS) is 23.7. The van der Waals surface area contributed by atoms with E-state index in [1.807, 2.05) is 12.1 Å². The molecule has 0 aromatic heterocycles. The summed E-state index contributed by atoms with van der Waals surface area (Å²) in [6.07, 6.45) is 5.40. The van der Waals surface area contributed by atoms with Gasteiger partial charge in [0.1, 0.15) is 16.0 Å². The highest BCUT2D eigenvalue weighted by Crippen LogP contribution is 2.44. The molecule has 21 heavy (non-hydrogen) atoms. The summed E-state index contributed by atoms with van der Waals surface area (Å²) < 4.78 is 11.5. The second kappa shape index (κ2) is 7.50. The van der Waals surface area contributed by atoms with Gasteiger partial charge in [0.05, 0.1) is 20.3 Å². The van der Waals surface area contributed by atoms with Crippen molar-refractivity contribution in [1.29, 1.82) is 0 Å². The van der Waals surface area contributed by atoms with Crippen molar-refractivity contribution in [3.8, 4) is 11.5 Å². The van der Waals surface area contributed by atoms with Crippen LogP contribution in [0.3, 0.4) is 0 Å². The van der Waals surface area contributed by atoms with E-state index >= 15 is 0 Å². The lowest BCUT2D eigenvalue weighted by Crippen LogP contribution is -2.20. The summed E-state index contributed by atoms with van der Waals surface area (Å²) in [6, 6.07) is 3.79. The summed E-state index contributed by atoms with van der Waals surface area (Å²) in [7, 11) is 3.26. The zero-order chi connectivity index (χ0) is 15.4. The van der Waals surface area contributed by atoms with Gasteiger partial charge in [0.25, 0.3) is 0 Å². The molecule has 1 aromatic rings. The van der Waals surface area contributed by atoms with Crippen LogP contribution in [0.25, 0.3) is 0 Å². The Morgan fingerprint density at radius 1 is 1.19 bits per heavy atom. The highest BCUT2D eigenvalue weighted by Gasteiger charge is 2.29. The van der Waals surface area contributed by atoms with Gasteiger partial charge in [-0.15, -0.1) is 0 Å². The van der Waals surface area contributed by atoms with Crippen molar-refractivity contribution in [2.75, 3.05) is 14.2 Å². The highest BCUT2D eigenvalue weighted by molar-refractivity contribution is 9.10. The number of aliphatic hydroxyl groups excluding tert-OH is 1. The Morgan fingerprint density at radius 3 is 2.38 bits per heavy atom. The Morgan fingerprint density at radius 2 is 1.86 bits per heavy atom. The molecule has 0 spiro atoms. The molecule has 1 aromatic carbocycles. The fourth-order valence-electron chi connectivity index (χ4n) is 3.32. The van der Waals surface area contributed by atoms with Gasteiger partial charge in [-0.2, -0.15) is 0 Å². The van der Waals surface area contributed by atoms with Crippen molar-refractivity contribution < 1.29 is 14.6 Å². The van der Waals surface area contributed by atoms with Crippen LogP contribution in [-0.2, 0) is 0 Å². The fourth-order valence-corrected chi connectivity index (χ4v) is 4.00. The lowest BCUT2D eigenvalue weighted by Gasteiger charge is -2.32. The van der Waals surface area contributed by atoms with Crippen molar-refractivity contribution in [3.05, 3.63) is 22.2 Å². The second-order valence-electron chi connectivity index (χ2n) is 5.84. The van der Waals surface area contributed by atoms with Gasteiger partial charge in [-0.3, -0.25) is 0 Å². The van der Waals surface area contributed by atoms with Gasteiger partial charge < -0.3 is 14.6 Å². The standard InChI is InChI=1S/C17H25BrO3/c1-4-11-5-7-12(8-6-11)16(19)13-9-10-14(20-2)15(18)17(13)21-3/h9-12,16,19H,4-8H2,1-3H3. The molecule has 4 heteroatoms. The number of halogens is 1. The maximum atomic E-state index is 10.8. The van der Waals surface area contributed by atoms with Gasteiger partial charge in [-0.1, -0.05) is 26.2 Å². The van der Waals surface area contributed by atoms with E-state index in [0.717, 1.165) is 34.5 Å². The zero-order valence-corrected chi connectivity index (χ0v) is 14.6. The van der Waals surface area contributed by atoms with Crippen LogP contribution < -0.4 is 9.47 Å². The van der Waals surface area contributed by atoms with E-state index < -0.39 is 6.10 Å². The van der Waals surface area contributed by atoms with Crippen LogP contribution in [-0.4, -0.2) is 19.3 Å². The summed E-state index contributed by atoms with van der Waals surface area (Å²) in [4.78, 5) is 0. The van der Waals surface area contributed by atoms with Gasteiger partial charge in [-0.05, 0) is 52.7 Å². The van der Waals surface area contributed by atoms with Crippen molar-refractivity contribution >= 4 is 15.9 Å². The third-order valence-corrected chi connectivity index (χ3v) is 5.50. The number of hydrogen-bond donors (Lipinski definition) is 1. The Labute approximate surface area is 135 Å². The largest absolute Gasteiger partial charge is 0.495 e. The monoisotopic (exact) mass is 356 g/mol. The minimum atomic E-state index is -0.472. The molecule has 0 amide bonds. The minimum absolute atomic E-state index is 0.321. The molecule has 1 unspecified atom stereocenters. The van der Waals surface area contributed by atoms with Crippen LogP contribution in [0.5, 0.6) is 11.5 Å². The van der Waals surface area contributed by atoms with Gasteiger partial charge in [-0.25, -0.2) is 0 Å². The number of aliphatic hydroxyl groups is 1. The van der Waals surface area contributed by atoms with Gasteiger partial charge in [0.15, 0.2) is 0 Å². The third-order valence-electron chi connectivity index (χ3n) is 4.75. The SMILES string of the molecule is CCC1CCC(C(O)c2ccc(OC)c(Br)c2OC)CC1. The maximum absolute atomic E-state index is 10.8. The Kier molecular flexibility index (Phi) is 5.94. The third kappa shape index (κ3) is 3.54. The molecule has 1 N–H and O–H groups in total. The van der Waals surface area contributed by atoms with Gasteiger partial charge >= 0.3 is 0 Å². The van der Waals surface area contributed by atoms with Crippen LogP contribution in [0.1, 0.15) is 50.7 Å². The number of benzene rings is 1. The molecule has 1 fully saturated rings. The average Bonchev–Trinajstić information content (AvgIpc) is 2.54. The molecule has 0 radical (unpaired) electrons. The molecule has 0 heterocycles. The molecule has 1 aliphatic rings. The summed E-state index contributed by atoms with van der Waals surface area (Å²) in [6.45, 7) is 2.25. The molecule has 0 bridgehead atoms. The molecule has 118 valence electrons. The molecular weight excluding hydrogens is 332 g/mol. The van der Waals surface area contributed by atoms with Crippen molar-refractivity contribution in [2.45, 2.75) is 45.1 Å². The number of hydrogen-bond acceptors (Lipinski definition) is 3. The van der Waals surface area contributed by atoms with Crippen molar-refractivity contribution in [1.82, 2.24) is 0 Å². The molecule has 2 rings (SSSR count). The van der Waals surface area contributed by atoms with Crippen LogP contribution >= 0.6 is 15.9 Å². The zero-order valence-electron chi connectivity index (χ0n) is 13.1. The van der Waals surface area contributed by atoms with E-state index in [4.69, 9.17) is 9.47 Å². The van der Waals surface area contributed by atoms with Crippen LogP contribution in [0.4, 0.5) is 0 Å². The lowest BCUT2D eigenvalue weighted by molar-refractivity contribution is 0.0707. The summed E-state index contributed by atoms with van der Waals surface area (Å²) in [5.74, 6) is 2.55. The quantitative estimate of drug-likeness (QED) is 0.829. The summed E-state index contributed by atoms with van der Waals surface area (Å²) >= 11 is 3.50. The van der Waals surface area contributed by atoms with E-state index in [0.29, 0.717) is 11.7 Å². The smallest absolute Gasteiger partial charge is 0.142 e. The van der Waals surface area contributed by atoms with Crippen LogP contribution in [0, 0.1) is 11.8 Å². The topological polar surface area (TPSA) is 38.7 Å². The average molecular weight is 357 g/mol. The molecule has 3 nitrogen and oxygen atoms in total. The fraction of sp³-hybridized carbons (Fsp3) is 0.647. The second-order valence-corrected chi connectivity index (χ2v) is 6.63. The Balaban J connectivity index is 2.19. The van der Waals surface area contributed by atoms with Crippen LogP contribution in [0.2, 0.25) is 0 Å². The van der Waals surface area contributed by atoms with Gasteiger partial charge in [0, 0.05) is 5.56 Å². The first kappa shape index (κ1) is 16.6. The van der Waals surface area contributed by atoms with Crippen molar-refractivity contribution in [3.63, 3.8) is 0 Å². The first-order valence-electron chi connectivity index (χ1n) is 7.70. The van der Waals surface area contributed by atoms with E-state index in [9.17, 15) is 5.11 Å². The van der Waals surface area contributed by atoms with Crippen molar-refractivity contribution in [2.24, 2.45) is 11.8 Å². The minimum Gasteiger partial charge on any atom is -0.495 e. The number of rotatable bonds is 5. The molecule has 0 aliphatic heterocycles. The molecule has 0 saturated heterocycles. The van der Waals surface area contributed by atoms with E-state index in [-0.39, 0.29) is 0 Å². The molecule has 1 saturated carbocycles. The maximum Gasteiger partial charge on any atom is 0.142 e. The van der Waals surface area contributed by atoms with Gasteiger partial charge in [0.2, 0.25) is 0 Å². The van der Waals surface area contributed by atoms with E-state index in [1.54, 1.807) is 14.2 Å². The molecular formula is C17H25BrO3. The molecule has 1 atom stereocenters.